The standard InChI is InChI=1S/C12H17N3O2/c1-14-6-8-15(9-7-14)13-11-4-2-10(3-5-11)12(16)17/h2-5,13H,6-9H2,1H3,(H,16,17). The number of hydrogen-bond acceptors (Lipinski definition) is 4. The maximum atomic E-state index is 10.7. The van der Waals surface area contributed by atoms with E-state index in [4.69, 9.17) is 5.11 Å². The Labute approximate surface area is 101 Å². The molecule has 5 heteroatoms. The minimum atomic E-state index is -0.892. The van der Waals surface area contributed by atoms with Gasteiger partial charge in [-0.3, -0.25) is 0 Å². The van der Waals surface area contributed by atoms with Crippen molar-refractivity contribution in [3.05, 3.63) is 29.8 Å². The molecule has 1 aliphatic rings. The van der Waals surface area contributed by atoms with E-state index in [2.05, 4.69) is 22.4 Å². The second-order valence-electron chi connectivity index (χ2n) is 4.28. The zero-order chi connectivity index (χ0) is 12.3. The summed E-state index contributed by atoms with van der Waals surface area (Å²) >= 11 is 0. The Bertz CT molecular complexity index is 383. The number of anilines is 1. The van der Waals surface area contributed by atoms with Crippen molar-refractivity contribution in [3.8, 4) is 0 Å². The van der Waals surface area contributed by atoms with E-state index in [9.17, 15) is 4.79 Å². The van der Waals surface area contributed by atoms with Gasteiger partial charge < -0.3 is 15.4 Å². The molecule has 0 saturated carbocycles. The summed E-state index contributed by atoms with van der Waals surface area (Å²) in [5, 5.41) is 10.9. The number of nitrogens with zero attached hydrogens (tertiary/aromatic N) is 2. The largest absolute Gasteiger partial charge is 0.478 e. The molecule has 0 unspecified atom stereocenters. The van der Waals surface area contributed by atoms with E-state index in [1.165, 1.54) is 0 Å². The quantitative estimate of drug-likeness (QED) is 0.817. The minimum Gasteiger partial charge on any atom is -0.478 e. The fourth-order valence-corrected chi connectivity index (χ4v) is 1.79. The smallest absolute Gasteiger partial charge is 0.335 e. The van der Waals surface area contributed by atoms with Gasteiger partial charge in [0.15, 0.2) is 0 Å². The summed E-state index contributed by atoms with van der Waals surface area (Å²) < 4.78 is 0. The van der Waals surface area contributed by atoms with Gasteiger partial charge in [0.25, 0.3) is 0 Å². The van der Waals surface area contributed by atoms with Crippen LogP contribution in [0.25, 0.3) is 0 Å². The predicted octanol–water partition coefficient (Wildman–Crippen LogP) is 0.959. The summed E-state index contributed by atoms with van der Waals surface area (Å²) in [5.41, 5.74) is 4.53. The van der Waals surface area contributed by atoms with E-state index >= 15 is 0 Å². The molecule has 0 aromatic heterocycles. The molecule has 1 aromatic rings. The highest BCUT2D eigenvalue weighted by Crippen LogP contribution is 2.11. The number of benzene rings is 1. The molecule has 0 spiro atoms. The van der Waals surface area contributed by atoms with Gasteiger partial charge in [0.1, 0.15) is 0 Å². The van der Waals surface area contributed by atoms with Crippen LogP contribution in [0.15, 0.2) is 24.3 Å². The molecule has 0 aliphatic carbocycles. The summed E-state index contributed by atoms with van der Waals surface area (Å²) in [6.45, 7) is 4.02. The van der Waals surface area contributed by atoms with Crippen LogP contribution in [0.5, 0.6) is 0 Å². The third-order valence-electron chi connectivity index (χ3n) is 2.92. The molecule has 1 heterocycles. The topological polar surface area (TPSA) is 55.8 Å². The van der Waals surface area contributed by atoms with Crippen LogP contribution < -0.4 is 5.43 Å². The van der Waals surface area contributed by atoms with Crippen molar-refractivity contribution < 1.29 is 9.90 Å². The van der Waals surface area contributed by atoms with Crippen molar-refractivity contribution in [2.75, 3.05) is 38.7 Å². The number of hydrogen-bond donors (Lipinski definition) is 2. The zero-order valence-electron chi connectivity index (χ0n) is 9.89. The lowest BCUT2D eigenvalue weighted by Gasteiger charge is -2.33. The van der Waals surface area contributed by atoms with Crippen molar-refractivity contribution in [1.82, 2.24) is 9.91 Å². The molecule has 0 amide bonds. The molecule has 0 bridgehead atoms. The average molecular weight is 235 g/mol. The van der Waals surface area contributed by atoms with Gasteiger partial charge in [0.2, 0.25) is 0 Å². The highest BCUT2D eigenvalue weighted by Gasteiger charge is 2.13. The third-order valence-corrected chi connectivity index (χ3v) is 2.92. The SMILES string of the molecule is CN1CCN(Nc2ccc(C(=O)O)cc2)CC1. The first-order chi connectivity index (χ1) is 8.15. The number of piperazine rings is 1. The molecule has 2 N–H and O–H groups in total. The number of carboxylic acids is 1. The van der Waals surface area contributed by atoms with E-state index in [0.29, 0.717) is 5.56 Å². The third kappa shape index (κ3) is 3.18. The first-order valence-electron chi connectivity index (χ1n) is 5.68. The first-order valence-corrected chi connectivity index (χ1v) is 5.68. The van der Waals surface area contributed by atoms with Gasteiger partial charge in [-0.25, -0.2) is 9.80 Å². The fraction of sp³-hybridized carbons (Fsp3) is 0.417. The molecule has 1 fully saturated rings. The summed E-state index contributed by atoms with van der Waals surface area (Å²) in [5.74, 6) is -0.892. The van der Waals surface area contributed by atoms with Gasteiger partial charge in [-0.2, -0.15) is 0 Å². The summed E-state index contributed by atoms with van der Waals surface area (Å²) in [6.07, 6.45) is 0. The van der Waals surface area contributed by atoms with E-state index in [-0.39, 0.29) is 0 Å². The molecule has 5 nitrogen and oxygen atoms in total. The molecule has 1 aliphatic heterocycles. The number of aromatic carboxylic acids is 1. The highest BCUT2D eigenvalue weighted by molar-refractivity contribution is 5.87. The van der Waals surface area contributed by atoms with E-state index in [0.717, 1.165) is 31.9 Å². The van der Waals surface area contributed by atoms with Crippen LogP contribution in [0.4, 0.5) is 5.69 Å². The highest BCUT2D eigenvalue weighted by atomic mass is 16.4. The number of hydrazine groups is 1. The van der Waals surface area contributed by atoms with Gasteiger partial charge in [-0.1, -0.05) is 0 Å². The Balaban J connectivity index is 1.92. The number of nitrogens with one attached hydrogen (secondary N) is 1. The molecule has 2 rings (SSSR count). The molecule has 1 aromatic carbocycles. The maximum Gasteiger partial charge on any atom is 0.335 e. The maximum absolute atomic E-state index is 10.7. The van der Waals surface area contributed by atoms with Gasteiger partial charge in [0, 0.05) is 31.9 Å². The van der Waals surface area contributed by atoms with Gasteiger partial charge in [0.05, 0.1) is 5.56 Å². The predicted molar refractivity (Wildman–Crippen MR) is 66.1 cm³/mol. The molecule has 92 valence electrons. The lowest BCUT2D eigenvalue weighted by molar-refractivity contribution is 0.0697. The Morgan fingerprint density at radius 2 is 1.76 bits per heavy atom. The Hall–Kier alpha value is -1.59. The van der Waals surface area contributed by atoms with Crippen molar-refractivity contribution in [3.63, 3.8) is 0 Å². The van der Waals surface area contributed by atoms with E-state index in [1.807, 2.05) is 0 Å². The van der Waals surface area contributed by atoms with Crippen molar-refractivity contribution >= 4 is 11.7 Å². The van der Waals surface area contributed by atoms with Gasteiger partial charge >= 0.3 is 5.97 Å². The van der Waals surface area contributed by atoms with Gasteiger partial charge in [-0.05, 0) is 31.3 Å². The lowest BCUT2D eigenvalue weighted by Crippen LogP contribution is -2.46. The minimum absolute atomic E-state index is 0.314. The molecule has 1 saturated heterocycles. The molecular formula is C12H17N3O2. The first kappa shape index (κ1) is 11.9. The Morgan fingerprint density at radius 3 is 2.29 bits per heavy atom. The van der Waals surface area contributed by atoms with Crippen LogP contribution in [0.1, 0.15) is 10.4 Å². The molecular weight excluding hydrogens is 218 g/mol. The monoisotopic (exact) mass is 235 g/mol. The van der Waals surface area contributed by atoms with Crippen LogP contribution in [-0.2, 0) is 0 Å². The fourth-order valence-electron chi connectivity index (χ4n) is 1.79. The number of rotatable bonds is 3. The Morgan fingerprint density at radius 1 is 1.18 bits per heavy atom. The molecule has 0 atom stereocenters. The lowest BCUT2D eigenvalue weighted by atomic mass is 10.2. The summed E-state index contributed by atoms with van der Waals surface area (Å²) in [7, 11) is 2.11. The summed E-state index contributed by atoms with van der Waals surface area (Å²) in [6, 6.07) is 6.81. The van der Waals surface area contributed by atoms with Crippen LogP contribution in [0, 0.1) is 0 Å². The van der Waals surface area contributed by atoms with Crippen molar-refractivity contribution in [2.24, 2.45) is 0 Å². The van der Waals surface area contributed by atoms with Crippen LogP contribution in [0.3, 0.4) is 0 Å². The van der Waals surface area contributed by atoms with Crippen LogP contribution in [-0.4, -0.2) is 54.2 Å². The second kappa shape index (κ2) is 5.16. The second-order valence-corrected chi connectivity index (χ2v) is 4.28. The van der Waals surface area contributed by atoms with E-state index in [1.54, 1.807) is 24.3 Å². The van der Waals surface area contributed by atoms with Crippen LogP contribution in [0.2, 0.25) is 0 Å². The van der Waals surface area contributed by atoms with E-state index < -0.39 is 5.97 Å². The number of likely N-dealkylation sites (N-methyl/N-ethyl adjacent to an activating group) is 1. The normalized spacial score (nSPS) is 17.9. The molecule has 17 heavy (non-hydrogen) atoms. The van der Waals surface area contributed by atoms with Crippen LogP contribution >= 0.6 is 0 Å². The van der Waals surface area contributed by atoms with Crippen molar-refractivity contribution in [2.45, 2.75) is 0 Å². The number of carboxylic acid groups (broad SMARTS) is 1. The van der Waals surface area contributed by atoms with Crippen molar-refractivity contribution in [1.29, 1.82) is 0 Å². The average Bonchev–Trinajstić information content (AvgIpc) is 2.33. The number of carbonyl (C=O) groups is 1. The Kier molecular flexibility index (Phi) is 3.61. The van der Waals surface area contributed by atoms with Gasteiger partial charge in [-0.15, -0.1) is 0 Å². The zero-order valence-corrected chi connectivity index (χ0v) is 9.89. The summed E-state index contributed by atoms with van der Waals surface area (Å²) in [4.78, 5) is 13.0. The molecule has 0 radical (unpaired) electrons.